The molecule has 0 aliphatic heterocycles. The number of aliphatic carboxylic acids is 1. The van der Waals surface area contributed by atoms with Gasteiger partial charge in [-0.2, -0.15) is 0 Å². The zero-order valence-corrected chi connectivity index (χ0v) is 9.17. The van der Waals surface area contributed by atoms with Gasteiger partial charge in [0.1, 0.15) is 17.6 Å². The van der Waals surface area contributed by atoms with Crippen molar-refractivity contribution in [3.63, 3.8) is 0 Å². The molecule has 4 heteroatoms. The molecule has 2 aromatic rings. The van der Waals surface area contributed by atoms with Crippen molar-refractivity contribution in [2.75, 3.05) is 0 Å². The molecule has 0 radical (unpaired) electrons. The highest BCUT2D eigenvalue weighted by atomic mass is 16.4. The van der Waals surface area contributed by atoms with E-state index in [9.17, 15) is 4.79 Å². The predicted octanol–water partition coefficient (Wildman–Crippen LogP) is 1.90. The van der Waals surface area contributed by atoms with Crippen LogP contribution in [0.5, 0.6) is 0 Å². The van der Waals surface area contributed by atoms with Gasteiger partial charge in [-0.1, -0.05) is 30.3 Å². The molecule has 0 unspecified atom stereocenters. The van der Waals surface area contributed by atoms with Crippen molar-refractivity contribution >= 4 is 5.97 Å². The van der Waals surface area contributed by atoms with E-state index >= 15 is 0 Å². The lowest BCUT2D eigenvalue weighted by Crippen LogP contribution is -2.32. The number of rotatable bonds is 4. The van der Waals surface area contributed by atoms with Gasteiger partial charge in [0.15, 0.2) is 0 Å². The number of nitrogens with two attached hydrogens (primary N) is 1. The normalized spacial score (nSPS) is 12.3. The Morgan fingerprint density at radius 2 is 1.94 bits per heavy atom. The molecule has 0 fully saturated rings. The van der Waals surface area contributed by atoms with Crippen LogP contribution in [0.4, 0.5) is 0 Å². The summed E-state index contributed by atoms with van der Waals surface area (Å²) in [5.41, 5.74) is 6.40. The number of carboxylic acids is 1. The zero-order valence-electron chi connectivity index (χ0n) is 9.17. The molecule has 1 aromatic heterocycles. The molecular weight excluding hydrogens is 218 g/mol. The molecule has 0 saturated heterocycles. The van der Waals surface area contributed by atoms with Crippen molar-refractivity contribution < 1.29 is 14.3 Å². The van der Waals surface area contributed by atoms with Crippen LogP contribution in [-0.2, 0) is 11.2 Å². The van der Waals surface area contributed by atoms with E-state index in [4.69, 9.17) is 15.3 Å². The number of hydrogen-bond donors (Lipinski definition) is 2. The number of hydrogen-bond acceptors (Lipinski definition) is 3. The van der Waals surface area contributed by atoms with Crippen LogP contribution < -0.4 is 5.73 Å². The van der Waals surface area contributed by atoms with E-state index in [1.807, 2.05) is 36.4 Å². The molecule has 2 rings (SSSR count). The lowest BCUT2D eigenvalue weighted by Gasteiger charge is -2.02. The Balaban J connectivity index is 2.14. The van der Waals surface area contributed by atoms with Gasteiger partial charge in [-0.15, -0.1) is 0 Å². The van der Waals surface area contributed by atoms with Gasteiger partial charge in [-0.3, -0.25) is 4.79 Å². The van der Waals surface area contributed by atoms with Crippen molar-refractivity contribution in [1.82, 2.24) is 0 Å². The number of benzene rings is 1. The largest absolute Gasteiger partial charge is 0.480 e. The second-order valence-electron chi connectivity index (χ2n) is 3.78. The van der Waals surface area contributed by atoms with E-state index in [1.54, 1.807) is 6.07 Å². The van der Waals surface area contributed by atoms with E-state index in [2.05, 4.69) is 0 Å². The van der Waals surface area contributed by atoms with Gasteiger partial charge in [0, 0.05) is 12.0 Å². The minimum Gasteiger partial charge on any atom is -0.480 e. The van der Waals surface area contributed by atoms with Crippen LogP contribution in [0, 0.1) is 0 Å². The summed E-state index contributed by atoms with van der Waals surface area (Å²) in [6.45, 7) is 0. The first-order chi connectivity index (χ1) is 8.16. The third-order valence-electron chi connectivity index (χ3n) is 2.46. The van der Waals surface area contributed by atoms with Crippen LogP contribution in [0.15, 0.2) is 46.9 Å². The van der Waals surface area contributed by atoms with Crippen molar-refractivity contribution in [3.05, 3.63) is 48.2 Å². The average Bonchev–Trinajstić information content (AvgIpc) is 2.78. The van der Waals surface area contributed by atoms with Gasteiger partial charge >= 0.3 is 5.97 Å². The van der Waals surface area contributed by atoms with Crippen LogP contribution in [0.2, 0.25) is 0 Å². The van der Waals surface area contributed by atoms with Gasteiger partial charge in [0.25, 0.3) is 0 Å². The quantitative estimate of drug-likeness (QED) is 0.842. The molecular formula is C13H13NO3. The fraction of sp³-hybridized carbons (Fsp3) is 0.154. The molecule has 1 heterocycles. The predicted molar refractivity (Wildman–Crippen MR) is 63.5 cm³/mol. The molecule has 88 valence electrons. The molecule has 0 bridgehead atoms. The molecule has 0 amide bonds. The Hall–Kier alpha value is -2.07. The second kappa shape index (κ2) is 4.84. The van der Waals surface area contributed by atoms with Gasteiger partial charge in [0.2, 0.25) is 0 Å². The Kier molecular flexibility index (Phi) is 3.25. The molecule has 17 heavy (non-hydrogen) atoms. The van der Waals surface area contributed by atoms with Gasteiger partial charge < -0.3 is 15.3 Å². The van der Waals surface area contributed by atoms with E-state index in [-0.39, 0.29) is 6.42 Å². The molecule has 0 saturated carbocycles. The number of carbonyl (C=O) groups is 1. The Morgan fingerprint density at radius 1 is 1.24 bits per heavy atom. The van der Waals surface area contributed by atoms with Gasteiger partial charge in [-0.05, 0) is 12.1 Å². The first kappa shape index (κ1) is 11.4. The van der Waals surface area contributed by atoms with Gasteiger partial charge in [0.05, 0.1) is 0 Å². The van der Waals surface area contributed by atoms with Crippen molar-refractivity contribution in [2.45, 2.75) is 12.5 Å². The Bertz CT molecular complexity index is 504. The fourth-order valence-electron chi connectivity index (χ4n) is 1.55. The summed E-state index contributed by atoms with van der Waals surface area (Å²) in [4.78, 5) is 10.6. The SMILES string of the molecule is N[C@H](Cc1ccc(-c2ccccc2)o1)C(=O)O. The first-order valence-electron chi connectivity index (χ1n) is 5.29. The Morgan fingerprint density at radius 3 is 2.59 bits per heavy atom. The molecule has 0 spiro atoms. The Labute approximate surface area is 98.7 Å². The van der Waals surface area contributed by atoms with E-state index < -0.39 is 12.0 Å². The fourth-order valence-corrected chi connectivity index (χ4v) is 1.55. The molecule has 3 N–H and O–H groups in total. The molecule has 4 nitrogen and oxygen atoms in total. The van der Waals surface area contributed by atoms with Crippen LogP contribution in [0.25, 0.3) is 11.3 Å². The molecule has 0 aliphatic rings. The van der Waals surface area contributed by atoms with Crippen molar-refractivity contribution in [3.8, 4) is 11.3 Å². The second-order valence-corrected chi connectivity index (χ2v) is 3.78. The van der Waals surface area contributed by atoms with Crippen LogP contribution in [-0.4, -0.2) is 17.1 Å². The minimum absolute atomic E-state index is 0.197. The van der Waals surface area contributed by atoms with Crippen LogP contribution >= 0.6 is 0 Å². The maximum atomic E-state index is 10.6. The summed E-state index contributed by atoms with van der Waals surface area (Å²) < 4.78 is 5.55. The van der Waals surface area contributed by atoms with Crippen LogP contribution in [0.3, 0.4) is 0 Å². The lowest BCUT2D eigenvalue weighted by molar-refractivity contribution is -0.138. The zero-order chi connectivity index (χ0) is 12.3. The van der Waals surface area contributed by atoms with Crippen molar-refractivity contribution in [2.24, 2.45) is 5.73 Å². The summed E-state index contributed by atoms with van der Waals surface area (Å²) in [6.07, 6.45) is 0.197. The average molecular weight is 231 g/mol. The number of furan rings is 1. The highest BCUT2D eigenvalue weighted by Crippen LogP contribution is 2.22. The smallest absolute Gasteiger partial charge is 0.320 e. The summed E-state index contributed by atoms with van der Waals surface area (Å²) in [5.74, 6) is 0.277. The van der Waals surface area contributed by atoms with Crippen molar-refractivity contribution in [1.29, 1.82) is 0 Å². The monoisotopic (exact) mass is 231 g/mol. The number of carboxylic acid groups (broad SMARTS) is 1. The third-order valence-corrected chi connectivity index (χ3v) is 2.46. The summed E-state index contributed by atoms with van der Waals surface area (Å²) in [5, 5.41) is 8.70. The summed E-state index contributed by atoms with van der Waals surface area (Å²) in [6, 6.07) is 12.3. The summed E-state index contributed by atoms with van der Waals surface area (Å²) >= 11 is 0. The maximum Gasteiger partial charge on any atom is 0.320 e. The van der Waals surface area contributed by atoms with E-state index in [1.165, 1.54) is 0 Å². The molecule has 1 atom stereocenters. The van der Waals surface area contributed by atoms with E-state index in [0.29, 0.717) is 5.76 Å². The highest BCUT2D eigenvalue weighted by Gasteiger charge is 2.14. The summed E-state index contributed by atoms with van der Waals surface area (Å²) in [7, 11) is 0. The van der Waals surface area contributed by atoms with Crippen LogP contribution in [0.1, 0.15) is 5.76 Å². The minimum atomic E-state index is -1.03. The molecule has 1 aromatic carbocycles. The first-order valence-corrected chi connectivity index (χ1v) is 5.29. The standard InChI is InChI=1S/C13H13NO3/c14-11(13(15)16)8-10-6-7-12(17-10)9-4-2-1-3-5-9/h1-7,11H,8,14H2,(H,15,16)/t11-/m1/s1. The lowest BCUT2D eigenvalue weighted by atomic mass is 10.2. The van der Waals surface area contributed by atoms with E-state index in [0.717, 1.165) is 11.3 Å². The van der Waals surface area contributed by atoms with Gasteiger partial charge in [-0.25, -0.2) is 0 Å². The maximum absolute atomic E-state index is 10.6. The third kappa shape index (κ3) is 2.73. The highest BCUT2D eigenvalue weighted by molar-refractivity contribution is 5.73. The molecule has 0 aliphatic carbocycles. The topological polar surface area (TPSA) is 76.5 Å².